The lowest BCUT2D eigenvalue weighted by molar-refractivity contribution is 0.0835. The van der Waals surface area contributed by atoms with Crippen LogP contribution in [0.15, 0.2) is 12.1 Å². The predicted octanol–water partition coefficient (Wildman–Crippen LogP) is 2.80. The zero-order valence-electron chi connectivity index (χ0n) is 10.00. The van der Waals surface area contributed by atoms with E-state index >= 15 is 0 Å². The fourth-order valence-corrected chi connectivity index (χ4v) is 2.20. The summed E-state index contributed by atoms with van der Waals surface area (Å²) in [6, 6.07) is 4.01. The van der Waals surface area contributed by atoms with Crippen LogP contribution in [0.3, 0.4) is 0 Å². The molecule has 0 bridgehead atoms. The summed E-state index contributed by atoms with van der Waals surface area (Å²) in [5.41, 5.74) is 3.41. The van der Waals surface area contributed by atoms with E-state index in [-0.39, 0.29) is 12.5 Å². The number of benzene rings is 1. The zero-order chi connectivity index (χ0) is 12.3. The third kappa shape index (κ3) is 3.21. The molecule has 0 radical (unpaired) electrons. The zero-order valence-corrected chi connectivity index (χ0v) is 10.8. The van der Waals surface area contributed by atoms with Crippen molar-refractivity contribution in [3.63, 3.8) is 0 Å². The number of aryl methyl sites for hydroxylation is 2. The maximum Gasteiger partial charge on any atom is 0.0776 e. The topological polar surface area (TPSA) is 40.5 Å². The maximum atomic E-state index is 9.41. The van der Waals surface area contributed by atoms with Gasteiger partial charge in [-0.3, -0.25) is 0 Å². The van der Waals surface area contributed by atoms with Gasteiger partial charge >= 0.3 is 0 Å². The van der Waals surface area contributed by atoms with Crippen molar-refractivity contribution < 1.29 is 10.2 Å². The molecule has 0 saturated heterocycles. The SMILES string of the molecule is Cc1cc(Cl)c(C(C)CC(O)CO)cc1C. The van der Waals surface area contributed by atoms with Crippen molar-refractivity contribution in [2.45, 2.75) is 39.2 Å². The van der Waals surface area contributed by atoms with E-state index in [0.717, 1.165) is 10.6 Å². The van der Waals surface area contributed by atoms with Gasteiger partial charge in [-0.15, -0.1) is 0 Å². The molecule has 2 nitrogen and oxygen atoms in total. The average Bonchev–Trinajstić information content (AvgIpc) is 2.23. The normalized spacial score (nSPS) is 14.9. The van der Waals surface area contributed by atoms with Gasteiger partial charge in [0, 0.05) is 5.02 Å². The van der Waals surface area contributed by atoms with Crippen molar-refractivity contribution in [2.24, 2.45) is 0 Å². The van der Waals surface area contributed by atoms with Gasteiger partial charge in [0.05, 0.1) is 12.7 Å². The van der Waals surface area contributed by atoms with Gasteiger partial charge in [0.15, 0.2) is 0 Å². The van der Waals surface area contributed by atoms with E-state index in [9.17, 15) is 5.11 Å². The summed E-state index contributed by atoms with van der Waals surface area (Å²) in [5.74, 6) is 0.147. The molecular weight excluding hydrogens is 224 g/mol. The Balaban J connectivity index is 2.91. The number of rotatable bonds is 4. The van der Waals surface area contributed by atoms with E-state index in [4.69, 9.17) is 16.7 Å². The summed E-state index contributed by atoms with van der Waals surface area (Å²) in [7, 11) is 0. The van der Waals surface area contributed by atoms with E-state index in [1.807, 2.05) is 26.8 Å². The molecule has 0 fully saturated rings. The van der Waals surface area contributed by atoms with Gasteiger partial charge in [-0.2, -0.15) is 0 Å². The first-order valence-corrected chi connectivity index (χ1v) is 5.89. The molecule has 0 aliphatic carbocycles. The first-order valence-electron chi connectivity index (χ1n) is 5.51. The first-order chi connectivity index (χ1) is 7.45. The van der Waals surface area contributed by atoms with Gasteiger partial charge in [-0.05, 0) is 48.9 Å². The Morgan fingerprint density at radius 2 is 1.81 bits per heavy atom. The fraction of sp³-hybridized carbons (Fsp3) is 0.538. The van der Waals surface area contributed by atoms with Crippen LogP contribution in [-0.2, 0) is 0 Å². The number of hydrogen-bond donors (Lipinski definition) is 2. The largest absolute Gasteiger partial charge is 0.394 e. The van der Waals surface area contributed by atoms with Crippen molar-refractivity contribution in [3.8, 4) is 0 Å². The molecule has 1 rings (SSSR count). The maximum absolute atomic E-state index is 9.41. The van der Waals surface area contributed by atoms with Crippen LogP contribution in [0.5, 0.6) is 0 Å². The fourth-order valence-electron chi connectivity index (χ4n) is 1.79. The molecule has 0 aromatic heterocycles. The van der Waals surface area contributed by atoms with Crippen LogP contribution in [0.25, 0.3) is 0 Å². The summed E-state index contributed by atoms with van der Waals surface area (Å²) in [6.07, 6.45) is -0.147. The second kappa shape index (κ2) is 5.67. The Morgan fingerprint density at radius 1 is 1.25 bits per heavy atom. The summed E-state index contributed by atoms with van der Waals surface area (Å²) in [6.45, 7) is 5.88. The van der Waals surface area contributed by atoms with Crippen LogP contribution in [-0.4, -0.2) is 22.9 Å². The smallest absolute Gasteiger partial charge is 0.0776 e. The summed E-state index contributed by atoms with van der Waals surface area (Å²) < 4.78 is 0. The first kappa shape index (κ1) is 13.5. The summed E-state index contributed by atoms with van der Waals surface area (Å²) >= 11 is 6.18. The summed E-state index contributed by atoms with van der Waals surface area (Å²) in [5, 5.41) is 19.0. The standard InChI is InChI=1S/C13H19ClO2/c1-8-5-12(13(14)6-9(8)2)10(3)4-11(16)7-15/h5-6,10-11,15-16H,4,7H2,1-3H3. The number of aliphatic hydroxyl groups excluding tert-OH is 2. The van der Waals surface area contributed by atoms with Crippen LogP contribution >= 0.6 is 11.6 Å². The lowest BCUT2D eigenvalue weighted by Crippen LogP contribution is -2.15. The molecule has 0 saturated carbocycles. The van der Waals surface area contributed by atoms with E-state index in [1.54, 1.807) is 0 Å². The van der Waals surface area contributed by atoms with Crippen molar-refractivity contribution in [1.29, 1.82) is 0 Å². The second-order valence-electron chi connectivity index (χ2n) is 4.43. The molecular formula is C13H19ClO2. The lowest BCUT2D eigenvalue weighted by atomic mass is 9.92. The molecule has 2 N–H and O–H groups in total. The molecule has 0 heterocycles. The second-order valence-corrected chi connectivity index (χ2v) is 4.84. The van der Waals surface area contributed by atoms with Gasteiger partial charge in [0.1, 0.15) is 0 Å². The van der Waals surface area contributed by atoms with E-state index < -0.39 is 6.10 Å². The Bertz CT molecular complexity index is 363. The molecule has 16 heavy (non-hydrogen) atoms. The van der Waals surface area contributed by atoms with Crippen LogP contribution in [0.2, 0.25) is 5.02 Å². The van der Waals surface area contributed by atoms with Crippen molar-refractivity contribution in [3.05, 3.63) is 33.8 Å². The molecule has 1 aromatic rings. The van der Waals surface area contributed by atoms with Gasteiger partial charge in [-0.25, -0.2) is 0 Å². The minimum absolute atomic E-state index is 0.147. The van der Waals surface area contributed by atoms with E-state index in [0.29, 0.717) is 6.42 Å². The Morgan fingerprint density at radius 3 is 2.38 bits per heavy atom. The number of halogens is 1. The minimum atomic E-state index is -0.673. The monoisotopic (exact) mass is 242 g/mol. The molecule has 0 aliphatic rings. The van der Waals surface area contributed by atoms with Gasteiger partial charge in [-0.1, -0.05) is 24.6 Å². The van der Waals surface area contributed by atoms with E-state index in [1.165, 1.54) is 11.1 Å². The number of hydrogen-bond acceptors (Lipinski definition) is 2. The van der Waals surface area contributed by atoms with E-state index in [2.05, 4.69) is 6.07 Å². The predicted molar refractivity (Wildman–Crippen MR) is 67.1 cm³/mol. The quantitative estimate of drug-likeness (QED) is 0.853. The van der Waals surface area contributed by atoms with Gasteiger partial charge in [0.2, 0.25) is 0 Å². The molecule has 0 aliphatic heterocycles. The van der Waals surface area contributed by atoms with Crippen LogP contribution in [0.4, 0.5) is 0 Å². The van der Waals surface area contributed by atoms with Gasteiger partial charge in [0.25, 0.3) is 0 Å². The third-order valence-electron chi connectivity index (χ3n) is 2.98. The molecule has 2 atom stereocenters. The molecule has 2 unspecified atom stereocenters. The van der Waals surface area contributed by atoms with Gasteiger partial charge < -0.3 is 10.2 Å². The molecule has 0 amide bonds. The average molecular weight is 243 g/mol. The van der Waals surface area contributed by atoms with Crippen LogP contribution in [0.1, 0.15) is 36.0 Å². The lowest BCUT2D eigenvalue weighted by Gasteiger charge is -2.18. The molecule has 3 heteroatoms. The van der Waals surface area contributed by atoms with Crippen LogP contribution in [0, 0.1) is 13.8 Å². The Hall–Kier alpha value is -0.570. The third-order valence-corrected chi connectivity index (χ3v) is 3.31. The van der Waals surface area contributed by atoms with Crippen molar-refractivity contribution in [2.75, 3.05) is 6.61 Å². The molecule has 90 valence electrons. The highest BCUT2D eigenvalue weighted by Crippen LogP contribution is 2.30. The highest BCUT2D eigenvalue weighted by molar-refractivity contribution is 6.31. The van der Waals surface area contributed by atoms with Crippen molar-refractivity contribution in [1.82, 2.24) is 0 Å². The number of aliphatic hydroxyl groups is 2. The highest BCUT2D eigenvalue weighted by Gasteiger charge is 2.15. The van der Waals surface area contributed by atoms with Crippen LogP contribution < -0.4 is 0 Å². The molecule has 0 spiro atoms. The van der Waals surface area contributed by atoms with Crippen molar-refractivity contribution >= 4 is 11.6 Å². The Labute approximate surface area is 102 Å². The molecule has 1 aromatic carbocycles. The Kier molecular flexibility index (Phi) is 4.78. The highest BCUT2D eigenvalue weighted by atomic mass is 35.5. The minimum Gasteiger partial charge on any atom is -0.394 e. The summed E-state index contributed by atoms with van der Waals surface area (Å²) in [4.78, 5) is 0.